The standard InChI is InChI=1S/C16H21FN2OS/c1-11-7-6-8-12(13(11)17)14(20)19-16(15(18)21)9-4-2-3-5-10-16/h6-8H,2-5,9-10H2,1H3,(H2,18,21)(H,19,20). The number of carbonyl (C=O) groups is 1. The van der Waals surface area contributed by atoms with Crippen LogP contribution in [0.2, 0.25) is 0 Å². The van der Waals surface area contributed by atoms with Crippen LogP contribution in [0.25, 0.3) is 0 Å². The molecule has 0 aromatic heterocycles. The van der Waals surface area contributed by atoms with E-state index in [9.17, 15) is 9.18 Å². The average Bonchev–Trinajstić information content (AvgIpc) is 2.68. The van der Waals surface area contributed by atoms with Gasteiger partial charge in [-0.15, -0.1) is 0 Å². The number of aryl methyl sites for hydroxylation is 1. The third kappa shape index (κ3) is 3.40. The molecule has 5 heteroatoms. The van der Waals surface area contributed by atoms with Gasteiger partial charge in [0.15, 0.2) is 0 Å². The number of thiocarbonyl (C=S) groups is 1. The molecule has 0 bridgehead atoms. The molecule has 0 aliphatic heterocycles. The van der Waals surface area contributed by atoms with Gasteiger partial charge in [0.1, 0.15) is 5.82 Å². The van der Waals surface area contributed by atoms with Crippen molar-refractivity contribution >= 4 is 23.1 Å². The molecule has 114 valence electrons. The van der Waals surface area contributed by atoms with Crippen LogP contribution in [0.5, 0.6) is 0 Å². The van der Waals surface area contributed by atoms with Crippen molar-refractivity contribution < 1.29 is 9.18 Å². The predicted molar refractivity (Wildman–Crippen MR) is 85.8 cm³/mol. The number of nitrogens with one attached hydrogen (secondary N) is 1. The highest BCUT2D eigenvalue weighted by atomic mass is 32.1. The highest BCUT2D eigenvalue weighted by molar-refractivity contribution is 7.80. The summed E-state index contributed by atoms with van der Waals surface area (Å²) in [6, 6.07) is 4.80. The molecule has 21 heavy (non-hydrogen) atoms. The Balaban J connectivity index is 2.26. The minimum atomic E-state index is -0.681. The van der Waals surface area contributed by atoms with Gasteiger partial charge in [-0.1, -0.05) is 50.0 Å². The molecule has 3 N–H and O–H groups in total. The van der Waals surface area contributed by atoms with E-state index >= 15 is 0 Å². The molecule has 2 rings (SSSR count). The third-order valence-corrected chi connectivity index (χ3v) is 4.61. The smallest absolute Gasteiger partial charge is 0.255 e. The van der Waals surface area contributed by atoms with Gasteiger partial charge in [-0.2, -0.15) is 0 Å². The van der Waals surface area contributed by atoms with Gasteiger partial charge in [-0.3, -0.25) is 4.79 Å². The van der Waals surface area contributed by atoms with Crippen LogP contribution in [-0.4, -0.2) is 16.4 Å². The maximum absolute atomic E-state index is 14.1. The molecule has 1 fully saturated rings. The van der Waals surface area contributed by atoms with Crippen molar-refractivity contribution in [1.82, 2.24) is 5.32 Å². The van der Waals surface area contributed by atoms with Gasteiger partial charge in [-0.05, 0) is 31.4 Å². The minimum absolute atomic E-state index is 0.0508. The molecular formula is C16H21FN2OS. The van der Waals surface area contributed by atoms with E-state index in [4.69, 9.17) is 18.0 Å². The lowest BCUT2D eigenvalue weighted by Gasteiger charge is -2.33. The van der Waals surface area contributed by atoms with Crippen molar-refractivity contribution in [3.63, 3.8) is 0 Å². The van der Waals surface area contributed by atoms with E-state index in [1.807, 2.05) is 0 Å². The highest BCUT2D eigenvalue weighted by Gasteiger charge is 2.36. The molecule has 0 heterocycles. The Morgan fingerprint density at radius 2 is 1.90 bits per heavy atom. The lowest BCUT2D eigenvalue weighted by atomic mass is 9.89. The first-order valence-electron chi connectivity index (χ1n) is 7.34. The Morgan fingerprint density at radius 1 is 1.29 bits per heavy atom. The van der Waals surface area contributed by atoms with E-state index < -0.39 is 17.3 Å². The topological polar surface area (TPSA) is 55.1 Å². The molecule has 0 spiro atoms. The van der Waals surface area contributed by atoms with Crippen LogP contribution in [0, 0.1) is 12.7 Å². The lowest BCUT2D eigenvalue weighted by molar-refractivity contribution is 0.0913. The number of carbonyl (C=O) groups excluding carboxylic acids is 1. The fourth-order valence-electron chi connectivity index (χ4n) is 2.87. The van der Waals surface area contributed by atoms with Gasteiger partial charge in [0, 0.05) is 0 Å². The molecule has 0 radical (unpaired) electrons. The van der Waals surface area contributed by atoms with Crippen molar-refractivity contribution in [2.45, 2.75) is 51.0 Å². The number of nitrogens with two attached hydrogens (primary N) is 1. The van der Waals surface area contributed by atoms with Gasteiger partial charge in [0.05, 0.1) is 16.1 Å². The number of halogens is 1. The van der Waals surface area contributed by atoms with Crippen molar-refractivity contribution in [2.24, 2.45) is 5.73 Å². The zero-order valence-electron chi connectivity index (χ0n) is 12.2. The van der Waals surface area contributed by atoms with E-state index in [-0.39, 0.29) is 5.56 Å². The second kappa shape index (κ2) is 6.52. The van der Waals surface area contributed by atoms with Gasteiger partial charge >= 0.3 is 0 Å². The minimum Gasteiger partial charge on any atom is -0.391 e. The monoisotopic (exact) mass is 308 g/mol. The molecule has 1 aliphatic rings. The normalized spacial score (nSPS) is 17.8. The molecular weight excluding hydrogens is 287 g/mol. The van der Waals surface area contributed by atoms with Crippen molar-refractivity contribution in [1.29, 1.82) is 0 Å². The van der Waals surface area contributed by atoms with Gasteiger partial charge in [0.2, 0.25) is 0 Å². The van der Waals surface area contributed by atoms with E-state index in [0.717, 1.165) is 38.5 Å². The van der Waals surface area contributed by atoms with Gasteiger partial charge in [-0.25, -0.2) is 4.39 Å². The first kappa shape index (κ1) is 15.9. The molecule has 0 atom stereocenters. The second-order valence-corrected chi connectivity index (χ2v) is 6.19. The molecule has 1 amide bonds. The highest BCUT2D eigenvalue weighted by Crippen LogP contribution is 2.28. The van der Waals surface area contributed by atoms with Crippen LogP contribution in [0.1, 0.15) is 54.4 Å². The van der Waals surface area contributed by atoms with Gasteiger partial charge in [0.25, 0.3) is 5.91 Å². The van der Waals surface area contributed by atoms with Crippen molar-refractivity contribution in [3.8, 4) is 0 Å². The number of benzene rings is 1. The van der Waals surface area contributed by atoms with Crippen LogP contribution in [0.15, 0.2) is 18.2 Å². The van der Waals surface area contributed by atoms with E-state index in [1.54, 1.807) is 19.1 Å². The molecule has 3 nitrogen and oxygen atoms in total. The largest absolute Gasteiger partial charge is 0.391 e. The van der Waals surface area contributed by atoms with Crippen LogP contribution >= 0.6 is 12.2 Å². The molecule has 1 aliphatic carbocycles. The first-order chi connectivity index (χ1) is 9.96. The van der Waals surface area contributed by atoms with E-state index in [0.29, 0.717) is 10.6 Å². The number of hydrogen-bond acceptors (Lipinski definition) is 2. The summed E-state index contributed by atoms with van der Waals surface area (Å²) in [5.41, 5.74) is 5.71. The first-order valence-corrected chi connectivity index (χ1v) is 7.75. The summed E-state index contributed by atoms with van der Waals surface area (Å²) < 4.78 is 14.1. The summed E-state index contributed by atoms with van der Waals surface area (Å²) in [5.74, 6) is -0.924. The maximum Gasteiger partial charge on any atom is 0.255 e. The predicted octanol–water partition coefficient (Wildman–Crippen LogP) is 3.24. The quantitative estimate of drug-likeness (QED) is 0.666. The van der Waals surface area contributed by atoms with Crippen LogP contribution in [0.3, 0.4) is 0 Å². The Kier molecular flexibility index (Phi) is 4.93. The summed E-state index contributed by atoms with van der Waals surface area (Å²) in [7, 11) is 0. The van der Waals surface area contributed by atoms with Gasteiger partial charge < -0.3 is 11.1 Å². The fourth-order valence-corrected chi connectivity index (χ4v) is 3.13. The third-order valence-electron chi connectivity index (χ3n) is 4.22. The van der Waals surface area contributed by atoms with Crippen LogP contribution in [0.4, 0.5) is 4.39 Å². The zero-order valence-corrected chi connectivity index (χ0v) is 13.1. The average molecular weight is 308 g/mol. The Bertz CT molecular complexity index is 551. The Hall–Kier alpha value is -1.49. The van der Waals surface area contributed by atoms with E-state index in [2.05, 4.69) is 5.32 Å². The Labute approximate surface area is 130 Å². The van der Waals surface area contributed by atoms with Crippen LogP contribution < -0.4 is 11.1 Å². The number of rotatable bonds is 3. The fraction of sp³-hybridized carbons (Fsp3) is 0.500. The number of hydrogen-bond donors (Lipinski definition) is 2. The SMILES string of the molecule is Cc1cccc(C(=O)NC2(C(N)=S)CCCCCC2)c1F. The maximum atomic E-state index is 14.1. The molecule has 1 saturated carbocycles. The second-order valence-electron chi connectivity index (χ2n) is 5.75. The van der Waals surface area contributed by atoms with Crippen LogP contribution in [-0.2, 0) is 0 Å². The molecule has 0 unspecified atom stereocenters. The zero-order chi connectivity index (χ0) is 15.5. The summed E-state index contributed by atoms with van der Waals surface area (Å²) in [5, 5.41) is 2.91. The molecule has 1 aromatic rings. The number of amides is 1. The molecule has 1 aromatic carbocycles. The van der Waals surface area contributed by atoms with Crippen molar-refractivity contribution in [3.05, 3.63) is 35.1 Å². The summed E-state index contributed by atoms with van der Waals surface area (Å²) in [4.78, 5) is 12.7. The summed E-state index contributed by atoms with van der Waals surface area (Å²) >= 11 is 5.18. The molecule has 0 saturated heterocycles. The summed E-state index contributed by atoms with van der Waals surface area (Å²) in [6.45, 7) is 1.64. The summed E-state index contributed by atoms with van der Waals surface area (Å²) in [6.07, 6.45) is 5.60. The Morgan fingerprint density at radius 3 is 2.48 bits per heavy atom. The van der Waals surface area contributed by atoms with Crippen molar-refractivity contribution in [2.75, 3.05) is 0 Å². The van der Waals surface area contributed by atoms with E-state index in [1.165, 1.54) is 6.07 Å². The lowest BCUT2D eigenvalue weighted by Crippen LogP contribution is -2.56.